The molecule has 1 aromatic rings. The molecular formula is C17H28N2OS. The van der Waals surface area contributed by atoms with E-state index in [1.165, 1.54) is 22.6 Å². The molecule has 21 heavy (non-hydrogen) atoms. The van der Waals surface area contributed by atoms with Gasteiger partial charge >= 0.3 is 0 Å². The third-order valence-corrected chi connectivity index (χ3v) is 5.68. The molecule has 0 spiro atoms. The third kappa shape index (κ3) is 3.16. The Labute approximate surface area is 132 Å². The monoisotopic (exact) mass is 308 g/mol. The highest BCUT2D eigenvalue weighted by atomic mass is 32.1. The maximum absolute atomic E-state index is 12.9. The van der Waals surface area contributed by atoms with E-state index >= 15 is 0 Å². The second kappa shape index (κ2) is 6.49. The predicted molar refractivity (Wildman–Crippen MR) is 89.5 cm³/mol. The molecule has 1 N–H and O–H groups in total. The van der Waals surface area contributed by atoms with Crippen molar-refractivity contribution in [2.45, 2.75) is 78.0 Å². The quantitative estimate of drug-likeness (QED) is 0.852. The van der Waals surface area contributed by atoms with Gasteiger partial charge in [0.05, 0.1) is 5.54 Å². The number of carbonyl (C=O) groups is 1. The number of aryl methyl sites for hydroxylation is 1. The Morgan fingerprint density at radius 1 is 1.43 bits per heavy atom. The minimum Gasteiger partial charge on any atom is -0.318 e. The van der Waals surface area contributed by atoms with Crippen LogP contribution in [0.15, 0.2) is 12.1 Å². The van der Waals surface area contributed by atoms with Crippen LogP contribution in [0.5, 0.6) is 0 Å². The number of thiophene rings is 1. The minimum absolute atomic E-state index is 0.0352. The number of carbonyl (C=O) groups excluding carboxylic acids is 1. The smallest absolute Gasteiger partial charge is 0.244 e. The van der Waals surface area contributed by atoms with E-state index in [4.69, 9.17) is 0 Å². The van der Waals surface area contributed by atoms with Gasteiger partial charge in [-0.15, -0.1) is 11.3 Å². The molecule has 0 bridgehead atoms. The summed E-state index contributed by atoms with van der Waals surface area (Å²) in [7, 11) is 0. The molecule has 2 heterocycles. The molecule has 3 atom stereocenters. The summed E-state index contributed by atoms with van der Waals surface area (Å²) in [5, 5.41) is 3.59. The normalized spacial score (nSPS) is 27.4. The van der Waals surface area contributed by atoms with Gasteiger partial charge in [-0.1, -0.05) is 26.7 Å². The summed E-state index contributed by atoms with van der Waals surface area (Å²) < 4.78 is 0. The molecule has 1 aliphatic heterocycles. The van der Waals surface area contributed by atoms with Gasteiger partial charge in [0.1, 0.15) is 6.17 Å². The molecule has 1 aliphatic rings. The maximum Gasteiger partial charge on any atom is 0.244 e. The molecule has 3 unspecified atom stereocenters. The molecule has 4 heteroatoms. The van der Waals surface area contributed by atoms with Crippen molar-refractivity contribution in [3.05, 3.63) is 21.9 Å². The fourth-order valence-electron chi connectivity index (χ4n) is 2.99. The van der Waals surface area contributed by atoms with Crippen molar-refractivity contribution in [2.24, 2.45) is 0 Å². The molecule has 2 rings (SSSR count). The van der Waals surface area contributed by atoms with Crippen molar-refractivity contribution in [1.82, 2.24) is 10.2 Å². The lowest BCUT2D eigenvalue weighted by molar-refractivity contribution is -0.135. The van der Waals surface area contributed by atoms with Crippen LogP contribution >= 0.6 is 11.3 Å². The Morgan fingerprint density at radius 2 is 2.14 bits per heavy atom. The van der Waals surface area contributed by atoms with Crippen molar-refractivity contribution in [1.29, 1.82) is 0 Å². The topological polar surface area (TPSA) is 32.3 Å². The highest BCUT2D eigenvalue weighted by Gasteiger charge is 2.49. The van der Waals surface area contributed by atoms with Crippen molar-refractivity contribution >= 4 is 17.2 Å². The van der Waals surface area contributed by atoms with Crippen LogP contribution in [0.3, 0.4) is 0 Å². The summed E-state index contributed by atoms with van der Waals surface area (Å²) in [6.07, 6.45) is 4.28. The zero-order valence-electron chi connectivity index (χ0n) is 13.9. The van der Waals surface area contributed by atoms with E-state index in [2.05, 4.69) is 50.0 Å². The van der Waals surface area contributed by atoms with Gasteiger partial charge in [0, 0.05) is 15.8 Å². The van der Waals surface area contributed by atoms with Gasteiger partial charge in [0.15, 0.2) is 0 Å². The van der Waals surface area contributed by atoms with Gasteiger partial charge in [-0.2, -0.15) is 0 Å². The van der Waals surface area contributed by atoms with E-state index < -0.39 is 5.54 Å². The first kappa shape index (κ1) is 16.5. The van der Waals surface area contributed by atoms with Crippen molar-refractivity contribution in [3.8, 4) is 0 Å². The van der Waals surface area contributed by atoms with E-state index in [1.54, 1.807) is 11.3 Å². The summed E-state index contributed by atoms with van der Waals surface area (Å²) in [4.78, 5) is 17.6. The molecule has 1 amide bonds. The Kier molecular flexibility index (Phi) is 5.10. The lowest BCUT2D eigenvalue weighted by Crippen LogP contribution is -2.44. The first-order valence-corrected chi connectivity index (χ1v) is 8.91. The highest BCUT2D eigenvalue weighted by Crippen LogP contribution is 2.37. The standard InChI is InChI=1S/C17H28N2OS/c1-6-8-9-12(3)19-15(14-11-10-13(4)21-14)18-17(5,7-2)16(19)20/h10-12,15,18H,6-9H2,1-5H3. The Morgan fingerprint density at radius 3 is 2.67 bits per heavy atom. The summed E-state index contributed by atoms with van der Waals surface area (Å²) in [6.45, 7) is 10.6. The molecule has 118 valence electrons. The number of nitrogens with zero attached hydrogens (tertiary/aromatic N) is 1. The van der Waals surface area contributed by atoms with Gasteiger partial charge in [-0.25, -0.2) is 0 Å². The second-order valence-corrected chi connectivity index (χ2v) is 7.70. The van der Waals surface area contributed by atoms with Gasteiger partial charge in [-0.05, 0) is 45.7 Å². The molecular weight excluding hydrogens is 280 g/mol. The Bertz CT molecular complexity index is 499. The SMILES string of the molecule is CCCCC(C)N1C(=O)C(C)(CC)NC1c1ccc(C)s1. The summed E-state index contributed by atoms with van der Waals surface area (Å²) >= 11 is 1.79. The number of unbranched alkanes of at least 4 members (excludes halogenated alkanes) is 1. The van der Waals surface area contributed by atoms with E-state index in [-0.39, 0.29) is 18.1 Å². The molecule has 1 aromatic heterocycles. The predicted octanol–water partition coefficient (Wildman–Crippen LogP) is 4.23. The van der Waals surface area contributed by atoms with Gasteiger partial charge in [0.25, 0.3) is 0 Å². The summed E-state index contributed by atoms with van der Waals surface area (Å²) in [5.74, 6) is 0.254. The van der Waals surface area contributed by atoms with Crippen molar-refractivity contribution in [3.63, 3.8) is 0 Å². The zero-order valence-corrected chi connectivity index (χ0v) is 14.7. The first-order valence-electron chi connectivity index (χ1n) is 8.09. The minimum atomic E-state index is -0.428. The molecule has 0 saturated carbocycles. The van der Waals surface area contributed by atoms with E-state index in [9.17, 15) is 4.79 Å². The van der Waals surface area contributed by atoms with E-state index in [1.807, 2.05) is 6.92 Å². The zero-order chi connectivity index (χ0) is 15.6. The molecule has 3 nitrogen and oxygen atoms in total. The van der Waals surface area contributed by atoms with Crippen LogP contribution in [0, 0.1) is 6.92 Å². The Hall–Kier alpha value is -0.870. The van der Waals surface area contributed by atoms with Crippen molar-refractivity contribution in [2.75, 3.05) is 0 Å². The number of hydrogen-bond acceptors (Lipinski definition) is 3. The summed E-state index contributed by atoms with van der Waals surface area (Å²) in [6, 6.07) is 4.58. The molecule has 1 saturated heterocycles. The average molecular weight is 308 g/mol. The lowest BCUT2D eigenvalue weighted by atomic mass is 9.98. The fraction of sp³-hybridized carbons (Fsp3) is 0.706. The van der Waals surface area contributed by atoms with Crippen LogP contribution in [0.1, 0.15) is 69.3 Å². The van der Waals surface area contributed by atoms with Gasteiger partial charge in [-0.3, -0.25) is 10.1 Å². The molecule has 0 radical (unpaired) electrons. The van der Waals surface area contributed by atoms with E-state index in [0.29, 0.717) is 0 Å². The van der Waals surface area contributed by atoms with Gasteiger partial charge in [0.2, 0.25) is 5.91 Å². The number of nitrogens with one attached hydrogen (secondary N) is 1. The number of hydrogen-bond donors (Lipinski definition) is 1. The molecule has 0 aromatic carbocycles. The number of rotatable bonds is 6. The molecule has 0 aliphatic carbocycles. The van der Waals surface area contributed by atoms with Gasteiger partial charge < -0.3 is 4.90 Å². The van der Waals surface area contributed by atoms with E-state index in [0.717, 1.165) is 12.8 Å². The largest absolute Gasteiger partial charge is 0.318 e. The van der Waals surface area contributed by atoms with Crippen LogP contribution in [0.25, 0.3) is 0 Å². The second-order valence-electron chi connectivity index (χ2n) is 6.38. The number of amides is 1. The summed E-state index contributed by atoms with van der Waals surface area (Å²) in [5.41, 5.74) is -0.428. The van der Waals surface area contributed by atoms with Crippen LogP contribution in [0.4, 0.5) is 0 Å². The van der Waals surface area contributed by atoms with Crippen molar-refractivity contribution < 1.29 is 4.79 Å². The van der Waals surface area contributed by atoms with Crippen LogP contribution in [0.2, 0.25) is 0 Å². The first-order chi connectivity index (χ1) is 9.92. The average Bonchev–Trinajstić information content (AvgIpc) is 3.00. The lowest BCUT2D eigenvalue weighted by Gasteiger charge is -2.30. The molecule has 1 fully saturated rings. The maximum atomic E-state index is 12.9. The fourth-order valence-corrected chi connectivity index (χ4v) is 3.92. The highest BCUT2D eigenvalue weighted by molar-refractivity contribution is 7.12. The van der Waals surface area contributed by atoms with Crippen LogP contribution < -0.4 is 5.32 Å². The third-order valence-electron chi connectivity index (χ3n) is 4.63. The van der Waals surface area contributed by atoms with Crippen LogP contribution in [-0.2, 0) is 4.79 Å². The van der Waals surface area contributed by atoms with Crippen LogP contribution in [-0.4, -0.2) is 22.4 Å². The Balaban J connectivity index is 2.29.